The van der Waals surface area contributed by atoms with E-state index in [1.165, 1.54) is 11.0 Å². The summed E-state index contributed by atoms with van der Waals surface area (Å²) in [5, 5.41) is 15.2. The highest BCUT2D eigenvalue weighted by Gasteiger charge is 2.31. The molecule has 0 saturated heterocycles. The molecule has 3 aromatic carbocycles. The maximum Gasteiger partial charge on any atom is 0.273 e. The van der Waals surface area contributed by atoms with Crippen LogP contribution in [0.25, 0.3) is 0 Å². The summed E-state index contributed by atoms with van der Waals surface area (Å²) in [7, 11) is 0. The fourth-order valence-electron chi connectivity index (χ4n) is 3.86. The highest BCUT2D eigenvalue weighted by atomic mass is 35.5. The standard InChI is InChI=1S/C27H27Cl2N3O4/c1-2-14-30-27(34)25(15-19-8-4-3-5-9-19)31(18-21-12-13-22(28)17-23(21)29)26(33)16-20-10-6-7-11-24(20)32(35)36/h3-13,17,25H,2,14-16,18H2,1H3,(H,30,34)/t25-/m0/s1. The van der Waals surface area contributed by atoms with Crippen molar-refractivity contribution < 1.29 is 14.5 Å². The number of nitro benzene ring substituents is 1. The molecule has 0 aliphatic rings. The second-order valence-corrected chi connectivity index (χ2v) is 9.16. The number of nitrogens with zero attached hydrogens (tertiary/aromatic N) is 2. The van der Waals surface area contributed by atoms with Crippen molar-refractivity contribution in [2.75, 3.05) is 6.54 Å². The van der Waals surface area contributed by atoms with E-state index < -0.39 is 16.9 Å². The molecule has 0 heterocycles. The van der Waals surface area contributed by atoms with Gasteiger partial charge >= 0.3 is 0 Å². The highest BCUT2D eigenvalue weighted by Crippen LogP contribution is 2.26. The number of nitrogens with one attached hydrogen (secondary N) is 1. The fraction of sp³-hybridized carbons (Fsp3) is 0.259. The van der Waals surface area contributed by atoms with Crippen LogP contribution in [0.2, 0.25) is 10.0 Å². The normalized spacial score (nSPS) is 11.5. The summed E-state index contributed by atoms with van der Waals surface area (Å²) < 4.78 is 0. The molecule has 0 aromatic heterocycles. The van der Waals surface area contributed by atoms with Crippen LogP contribution in [0.4, 0.5) is 5.69 Å². The first-order valence-electron chi connectivity index (χ1n) is 11.6. The number of benzene rings is 3. The number of halogens is 2. The minimum Gasteiger partial charge on any atom is -0.354 e. The van der Waals surface area contributed by atoms with Crippen molar-refractivity contribution in [3.8, 4) is 0 Å². The molecule has 0 unspecified atom stereocenters. The van der Waals surface area contributed by atoms with Gasteiger partial charge in [0.05, 0.1) is 11.3 Å². The Kier molecular flexibility index (Phi) is 9.85. The van der Waals surface area contributed by atoms with Crippen LogP contribution in [0.5, 0.6) is 0 Å². The Morgan fingerprint density at radius 1 is 1.00 bits per heavy atom. The maximum absolute atomic E-state index is 13.7. The monoisotopic (exact) mass is 527 g/mol. The van der Waals surface area contributed by atoms with E-state index in [2.05, 4.69) is 5.32 Å². The lowest BCUT2D eigenvalue weighted by molar-refractivity contribution is -0.385. The lowest BCUT2D eigenvalue weighted by Crippen LogP contribution is -2.51. The average molecular weight is 528 g/mol. The molecular weight excluding hydrogens is 501 g/mol. The van der Waals surface area contributed by atoms with E-state index in [1.54, 1.807) is 36.4 Å². The maximum atomic E-state index is 13.7. The summed E-state index contributed by atoms with van der Waals surface area (Å²) in [5.41, 5.74) is 1.61. The summed E-state index contributed by atoms with van der Waals surface area (Å²) in [6, 6.07) is 19.6. The molecule has 36 heavy (non-hydrogen) atoms. The summed E-state index contributed by atoms with van der Waals surface area (Å²) in [5.74, 6) is -0.732. The molecule has 1 atom stereocenters. The molecular formula is C27H27Cl2N3O4. The summed E-state index contributed by atoms with van der Waals surface area (Å²) in [4.78, 5) is 39.5. The van der Waals surface area contributed by atoms with E-state index >= 15 is 0 Å². The van der Waals surface area contributed by atoms with E-state index in [0.717, 1.165) is 12.0 Å². The van der Waals surface area contributed by atoms with Crippen LogP contribution < -0.4 is 5.32 Å². The summed E-state index contributed by atoms with van der Waals surface area (Å²) >= 11 is 12.5. The van der Waals surface area contributed by atoms with Crippen molar-refractivity contribution in [2.45, 2.75) is 38.8 Å². The average Bonchev–Trinajstić information content (AvgIpc) is 2.86. The van der Waals surface area contributed by atoms with Crippen molar-refractivity contribution in [3.63, 3.8) is 0 Å². The molecule has 1 N–H and O–H groups in total. The van der Waals surface area contributed by atoms with Gasteiger partial charge in [0.2, 0.25) is 11.8 Å². The van der Waals surface area contributed by atoms with Gasteiger partial charge in [-0.2, -0.15) is 0 Å². The number of amides is 2. The molecule has 3 aromatic rings. The number of rotatable bonds is 11. The minimum absolute atomic E-state index is 0.0342. The van der Waals surface area contributed by atoms with Gasteiger partial charge in [-0.05, 0) is 29.7 Å². The van der Waals surface area contributed by atoms with Crippen molar-refractivity contribution in [2.24, 2.45) is 0 Å². The van der Waals surface area contributed by atoms with E-state index in [-0.39, 0.29) is 36.5 Å². The number of hydrogen-bond donors (Lipinski definition) is 1. The number of hydrogen-bond acceptors (Lipinski definition) is 4. The summed E-state index contributed by atoms with van der Waals surface area (Å²) in [6.45, 7) is 2.43. The number of carbonyl (C=O) groups is 2. The molecule has 3 rings (SSSR count). The number of carbonyl (C=O) groups excluding carboxylic acids is 2. The Balaban J connectivity index is 2.02. The van der Waals surface area contributed by atoms with E-state index in [1.807, 2.05) is 37.3 Å². The Morgan fingerprint density at radius 3 is 2.36 bits per heavy atom. The van der Waals surface area contributed by atoms with Gasteiger partial charge in [-0.15, -0.1) is 0 Å². The van der Waals surface area contributed by atoms with Crippen LogP contribution >= 0.6 is 23.2 Å². The van der Waals surface area contributed by atoms with Gasteiger partial charge in [-0.1, -0.05) is 84.7 Å². The molecule has 2 amide bonds. The van der Waals surface area contributed by atoms with E-state index in [9.17, 15) is 19.7 Å². The van der Waals surface area contributed by atoms with Crippen LogP contribution in [0.1, 0.15) is 30.0 Å². The van der Waals surface area contributed by atoms with Crippen molar-refractivity contribution >= 4 is 40.7 Å². The Labute approximate surface area is 220 Å². The first-order chi connectivity index (χ1) is 17.3. The molecule has 0 aliphatic heterocycles. The zero-order valence-electron chi connectivity index (χ0n) is 19.8. The molecule has 0 aliphatic carbocycles. The summed E-state index contributed by atoms with van der Waals surface area (Å²) in [6.07, 6.45) is 0.760. The molecule has 0 radical (unpaired) electrons. The van der Waals surface area contributed by atoms with Crippen molar-refractivity contribution in [1.29, 1.82) is 0 Å². The van der Waals surface area contributed by atoms with Crippen LogP contribution in [0.15, 0.2) is 72.8 Å². The molecule has 0 spiro atoms. The zero-order chi connectivity index (χ0) is 26.1. The third-order valence-electron chi connectivity index (χ3n) is 5.71. The minimum atomic E-state index is -0.860. The lowest BCUT2D eigenvalue weighted by Gasteiger charge is -2.32. The predicted octanol–water partition coefficient (Wildman–Crippen LogP) is 5.61. The Hall–Kier alpha value is -3.42. The van der Waals surface area contributed by atoms with Gasteiger partial charge in [0.1, 0.15) is 6.04 Å². The number of para-hydroxylation sites is 1. The molecule has 7 nitrogen and oxygen atoms in total. The first-order valence-corrected chi connectivity index (χ1v) is 12.3. The van der Waals surface area contributed by atoms with Gasteiger partial charge in [-0.25, -0.2) is 0 Å². The highest BCUT2D eigenvalue weighted by molar-refractivity contribution is 6.35. The molecule has 0 fully saturated rings. The number of nitro groups is 1. The SMILES string of the molecule is CCCNC(=O)[C@H](Cc1ccccc1)N(Cc1ccc(Cl)cc1Cl)C(=O)Cc1ccccc1[N+](=O)[O-]. The molecule has 188 valence electrons. The van der Waals surface area contributed by atoms with Gasteiger partial charge in [0.25, 0.3) is 5.69 Å². The van der Waals surface area contributed by atoms with Gasteiger partial charge < -0.3 is 10.2 Å². The Morgan fingerprint density at radius 2 is 1.69 bits per heavy atom. The van der Waals surface area contributed by atoms with Crippen LogP contribution in [-0.4, -0.2) is 34.2 Å². The fourth-order valence-corrected chi connectivity index (χ4v) is 4.32. The van der Waals surface area contributed by atoms with E-state index in [0.29, 0.717) is 22.2 Å². The zero-order valence-corrected chi connectivity index (χ0v) is 21.3. The van der Waals surface area contributed by atoms with Gasteiger partial charge in [0.15, 0.2) is 0 Å². The Bertz CT molecular complexity index is 1220. The lowest BCUT2D eigenvalue weighted by atomic mass is 10.0. The predicted molar refractivity (Wildman–Crippen MR) is 141 cm³/mol. The second kappa shape index (κ2) is 13.0. The molecule has 0 bridgehead atoms. The van der Waals surface area contributed by atoms with Crippen LogP contribution in [-0.2, 0) is 29.0 Å². The smallest absolute Gasteiger partial charge is 0.273 e. The third kappa shape index (κ3) is 7.29. The van der Waals surface area contributed by atoms with Gasteiger partial charge in [0, 0.05) is 41.2 Å². The molecule has 9 heteroatoms. The first kappa shape index (κ1) is 27.2. The van der Waals surface area contributed by atoms with Gasteiger partial charge in [-0.3, -0.25) is 19.7 Å². The van der Waals surface area contributed by atoms with Crippen LogP contribution in [0, 0.1) is 10.1 Å². The topological polar surface area (TPSA) is 92.6 Å². The van der Waals surface area contributed by atoms with Crippen LogP contribution in [0.3, 0.4) is 0 Å². The molecule has 0 saturated carbocycles. The van der Waals surface area contributed by atoms with Crippen molar-refractivity contribution in [3.05, 3.63) is 110 Å². The van der Waals surface area contributed by atoms with Crippen molar-refractivity contribution in [1.82, 2.24) is 10.2 Å². The third-order valence-corrected chi connectivity index (χ3v) is 6.29. The second-order valence-electron chi connectivity index (χ2n) is 8.32. The largest absolute Gasteiger partial charge is 0.354 e. The van der Waals surface area contributed by atoms with E-state index in [4.69, 9.17) is 23.2 Å². The quantitative estimate of drug-likeness (QED) is 0.259.